The third-order valence-electron chi connectivity index (χ3n) is 4.06. The van der Waals surface area contributed by atoms with Crippen molar-refractivity contribution in [3.8, 4) is 5.69 Å². The fourth-order valence-electron chi connectivity index (χ4n) is 2.46. The number of tetrazole rings is 1. The zero-order valence-electron chi connectivity index (χ0n) is 15.3. The van der Waals surface area contributed by atoms with E-state index in [0.29, 0.717) is 16.9 Å². The first kappa shape index (κ1) is 19.9. The van der Waals surface area contributed by atoms with Gasteiger partial charge in [0.25, 0.3) is 10.0 Å². The first-order chi connectivity index (χ1) is 13.1. The minimum atomic E-state index is -3.92. The maximum absolute atomic E-state index is 12.7. The average Bonchev–Trinajstić information content (AvgIpc) is 3.18. The lowest BCUT2D eigenvalue weighted by atomic mass is 10.1. The predicted molar refractivity (Wildman–Crippen MR) is 102 cm³/mol. The summed E-state index contributed by atoms with van der Waals surface area (Å²) in [6, 6.07) is 10.1. The Hall–Kier alpha value is -2.83. The number of hydrogen-bond acceptors (Lipinski definition) is 7. The molecule has 28 heavy (non-hydrogen) atoms. The fraction of sp³-hybridized carbons (Fsp3) is 0.188. The van der Waals surface area contributed by atoms with Gasteiger partial charge in [0.05, 0.1) is 21.2 Å². The summed E-state index contributed by atoms with van der Waals surface area (Å²) in [6.07, 6.45) is 1.41. The zero-order chi connectivity index (χ0) is 20.5. The van der Waals surface area contributed by atoms with Gasteiger partial charge in [-0.2, -0.15) is 0 Å². The second-order valence-electron chi connectivity index (χ2n) is 6.07. The van der Waals surface area contributed by atoms with E-state index >= 15 is 0 Å². The Morgan fingerprint density at radius 1 is 0.964 bits per heavy atom. The molecule has 0 radical (unpaired) electrons. The van der Waals surface area contributed by atoms with Crippen molar-refractivity contribution in [2.45, 2.75) is 16.7 Å². The van der Waals surface area contributed by atoms with Crippen LogP contribution >= 0.6 is 0 Å². The van der Waals surface area contributed by atoms with Gasteiger partial charge in [-0.05, 0) is 59.3 Å². The summed E-state index contributed by atoms with van der Waals surface area (Å²) in [4.78, 5) is -0.0502. The minimum absolute atomic E-state index is 0.00769. The number of hydrogen-bond donors (Lipinski definition) is 1. The summed E-state index contributed by atoms with van der Waals surface area (Å²) in [6.45, 7) is 1.74. The summed E-state index contributed by atoms with van der Waals surface area (Å²) in [5, 5.41) is 11.0. The van der Waals surface area contributed by atoms with Gasteiger partial charge in [0.2, 0.25) is 10.0 Å². The van der Waals surface area contributed by atoms with Crippen molar-refractivity contribution in [2.75, 3.05) is 18.8 Å². The maximum atomic E-state index is 12.7. The molecule has 0 unspecified atom stereocenters. The molecule has 0 saturated heterocycles. The quantitative estimate of drug-likeness (QED) is 0.628. The van der Waals surface area contributed by atoms with Gasteiger partial charge < -0.3 is 0 Å². The SMILES string of the molecule is Cc1c(NS(=O)(=O)c2ccc(S(=O)(=O)N(C)C)cc2)cccc1-n1cnnn1. The first-order valence-corrected chi connectivity index (χ1v) is 10.9. The van der Waals surface area contributed by atoms with Gasteiger partial charge in [-0.15, -0.1) is 5.10 Å². The predicted octanol–water partition coefficient (Wildman–Crippen LogP) is 1.02. The van der Waals surface area contributed by atoms with Crippen molar-refractivity contribution in [3.63, 3.8) is 0 Å². The van der Waals surface area contributed by atoms with Crippen LogP contribution in [-0.2, 0) is 20.0 Å². The highest BCUT2D eigenvalue weighted by Gasteiger charge is 2.20. The van der Waals surface area contributed by atoms with E-state index in [0.717, 1.165) is 4.31 Å². The number of sulfonamides is 2. The van der Waals surface area contributed by atoms with Crippen molar-refractivity contribution in [1.82, 2.24) is 24.5 Å². The van der Waals surface area contributed by atoms with Crippen LogP contribution in [0.15, 0.2) is 58.6 Å². The molecule has 2 aromatic carbocycles. The van der Waals surface area contributed by atoms with Crippen molar-refractivity contribution in [1.29, 1.82) is 0 Å². The smallest absolute Gasteiger partial charge is 0.261 e. The average molecular weight is 422 g/mol. The van der Waals surface area contributed by atoms with Crippen LogP contribution in [0.4, 0.5) is 5.69 Å². The summed E-state index contributed by atoms with van der Waals surface area (Å²) in [5.74, 6) is 0. The number of benzene rings is 2. The van der Waals surface area contributed by atoms with E-state index in [9.17, 15) is 16.8 Å². The van der Waals surface area contributed by atoms with E-state index in [1.165, 1.54) is 49.4 Å². The normalized spacial score (nSPS) is 12.3. The van der Waals surface area contributed by atoms with Gasteiger partial charge in [0.15, 0.2) is 0 Å². The molecule has 0 spiro atoms. The van der Waals surface area contributed by atoms with E-state index in [-0.39, 0.29) is 9.79 Å². The molecule has 0 aliphatic carbocycles. The molecular formula is C16H18N6O4S2. The monoisotopic (exact) mass is 422 g/mol. The molecule has 10 nitrogen and oxygen atoms in total. The summed E-state index contributed by atoms with van der Waals surface area (Å²) in [5.41, 5.74) is 1.61. The summed E-state index contributed by atoms with van der Waals surface area (Å²) >= 11 is 0. The van der Waals surface area contributed by atoms with Crippen LogP contribution < -0.4 is 4.72 Å². The van der Waals surface area contributed by atoms with E-state index in [1.807, 2.05) is 0 Å². The Morgan fingerprint density at radius 3 is 2.18 bits per heavy atom. The highest BCUT2D eigenvalue weighted by molar-refractivity contribution is 7.92. The molecule has 3 aromatic rings. The molecule has 1 aromatic heterocycles. The van der Waals surface area contributed by atoms with E-state index < -0.39 is 20.0 Å². The van der Waals surface area contributed by atoms with Crippen molar-refractivity contribution >= 4 is 25.7 Å². The molecule has 0 aliphatic rings. The van der Waals surface area contributed by atoms with Crippen LogP contribution in [0.2, 0.25) is 0 Å². The van der Waals surface area contributed by atoms with Crippen molar-refractivity contribution < 1.29 is 16.8 Å². The van der Waals surface area contributed by atoms with Gasteiger partial charge in [0.1, 0.15) is 6.33 Å². The number of nitrogens with zero attached hydrogens (tertiary/aromatic N) is 5. The molecule has 0 amide bonds. The lowest BCUT2D eigenvalue weighted by Crippen LogP contribution is -2.22. The highest BCUT2D eigenvalue weighted by Crippen LogP contribution is 2.25. The molecule has 12 heteroatoms. The number of aromatic nitrogens is 4. The van der Waals surface area contributed by atoms with Gasteiger partial charge >= 0.3 is 0 Å². The highest BCUT2D eigenvalue weighted by atomic mass is 32.2. The molecule has 0 saturated carbocycles. The molecule has 0 bridgehead atoms. The van der Waals surface area contributed by atoms with Gasteiger partial charge in [-0.25, -0.2) is 25.8 Å². The lowest BCUT2D eigenvalue weighted by Gasteiger charge is -2.14. The first-order valence-electron chi connectivity index (χ1n) is 8.01. The van der Waals surface area contributed by atoms with Crippen LogP contribution in [0.3, 0.4) is 0 Å². The third kappa shape index (κ3) is 3.74. The summed E-state index contributed by atoms with van der Waals surface area (Å²) < 4.78 is 54.7. The topological polar surface area (TPSA) is 127 Å². The van der Waals surface area contributed by atoms with Crippen molar-refractivity contribution in [3.05, 3.63) is 54.4 Å². The van der Waals surface area contributed by atoms with Gasteiger partial charge in [-0.3, -0.25) is 4.72 Å². The Kier molecular flexibility index (Phi) is 5.19. The molecule has 148 valence electrons. The van der Waals surface area contributed by atoms with E-state index in [4.69, 9.17) is 0 Å². The van der Waals surface area contributed by atoms with Crippen LogP contribution in [-0.4, -0.2) is 55.4 Å². The second-order valence-corrected chi connectivity index (χ2v) is 9.90. The molecule has 1 N–H and O–H groups in total. The number of anilines is 1. The molecule has 1 heterocycles. The largest absolute Gasteiger partial charge is 0.279 e. The minimum Gasteiger partial charge on any atom is -0.279 e. The standard InChI is InChI=1S/C16H18N6O4S2/c1-12-15(5-4-6-16(12)22-11-17-19-20-22)18-27(23,24)13-7-9-14(10-8-13)28(25,26)21(2)3/h4-11,18H,1-3H3. The molecule has 0 fully saturated rings. The van der Waals surface area contributed by atoms with E-state index in [2.05, 4.69) is 20.2 Å². The van der Waals surface area contributed by atoms with Gasteiger partial charge in [0, 0.05) is 14.1 Å². The number of nitrogens with one attached hydrogen (secondary N) is 1. The van der Waals surface area contributed by atoms with Crippen LogP contribution in [0.25, 0.3) is 5.69 Å². The van der Waals surface area contributed by atoms with E-state index in [1.54, 1.807) is 25.1 Å². The Bertz CT molecular complexity index is 1190. The van der Waals surface area contributed by atoms with Gasteiger partial charge in [-0.1, -0.05) is 6.07 Å². The molecule has 3 rings (SSSR count). The fourth-order valence-corrected chi connectivity index (χ4v) is 4.48. The Balaban J connectivity index is 1.92. The van der Waals surface area contributed by atoms with Crippen molar-refractivity contribution in [2.24, 2.45) is 0 Å². The molecule has 0 atom stereocenters. The molecular weight excluding hydrogens is 404 g/mol. The lowest BCUT2D eigenvalue weighted by molar-refractivity contribution is 0.520. The molecule has 0 aliphatic heterocycles. The maximum Gasteiger partial charge on any atom is 0.261 e. The Labute approximate surface area is 162 Å². The van der Waals surface area contributed by atoms with Crippen LogP contribution in [0, 0.1) is 6.92 Å². The third-order valence-corrected chi connectivity index (χ3v) is 7.27. The van der Waals surface area contributed by atoms with Crippen LogP contribution in [0.1, 0.15) is 5.56 Å². The number of rotatable bonds is 6. The summed E-state index contributed by atoms with van der Waals surface area (Å²) in [7, 11) is -4.75. The van der Waals surface area contributed by atoms with Crippen LogP contribution in [0.5, 0.6) is 0 Å². The Morgan fingerprint density at radius 2 is 1.61 bits per heavy atom. The zero-order valence-corrected chi connectivity index (χ0v) is 16.9. The second kappa shape index (κ2) is 7.30.